The van der Waals surface area contributed by atoms with Crippen molar-refractivity contribution in [1.82, 2.24) is 4.57 Å². The van der Waals surface area contributed by atoms with E-state index < -0.39 is 12.0 Å². The number of hydrogen-bond donors (Lipinski definition) is 0. The van der Waals surface area contributed by atoms with Gasteiger partial charge in [-0.05, 0) is 79.1 Å². The Kier molecular flexibility index (Phi) is 10.4. The maximum absolute atomic E-state index is 14.4. The molecule has 0 bridgehead atoms. The number of hydrogen-bond acceptors (Lipinski definition) is 10. The molecule has 0 radical (unpaired) electrons. The second kappa shape index (κ2) is 15.3. The molecule has 5 aromatic rings. The molecule has 1 atom stereocenters. The highest BCUT2D eigenvalue weighted by molar-refractivity contribution is 7.07. The van der Waals surface area contributed by atoms with E-state index in [2.05, 4.69) is 4.99 Å². The monoisotopic (exact) mass is 692 g/mol. The molecule has 1 aromatic heterocycles. The Balaban J connectivity index is 1.44. The van der Waals surface area contributed by atoms with Gasteiger partial charge in [-0.15, -0.1) is 0 Å². The number of rotatable bonds is 12. The van der Waals surface area contributed by atoms with E-state index in [1.807, 2.05) is 74.5 Å². The van der Waals surface area contributed by atoms with Crippen molar-refractivity contribution in [2.24, 2.45) is 4.99 Å². The van der Waals surface area contributed by atoms with Crippen molar-refractivity contribution in [2.75, 3.05) is 26.9 Å². The van der Waals surface area contributed by atoms with Crippen molar-refractivity contribution in [2.45, 2.75) is 33.4 Å². The van der Waals surface area contributed by atoms with Gasteiger partial charge in [0.25, 0.3) is 5.56 Å². The van der Waals surface area contributed by atoms with Crippen molar-refractivity contribution >= 4 is 40.1 Å². The normalized spacial score (nSPS) is 14.0. The van der Waals surface area contributed by atoms with Crippen LogP contribution in [-0.2, 0) is 20.9 Å². The first kappa shape index (κ1) is 34.2. The summed E-state index contributed by atoms with van der Waals surface area (Å²) in [6.45, 7) is 6.91. The lowest BCUT2D eigenvalue weighted by Gasteiger charge is -2.23. The van der Waals surface area contributed by atoms with Crippen LogP contribution in [0, 0.1) is 0 Å². The minimum atomic E-state index is -0.823. The Hall–Kier alpha value is -5.68. The van der Waals surface area contributed by atoms with E-state index in [9.17, 15) is 14.4 Å². The third-order valence-corrected chi connectivity index (χ3v) is 9.07. The van der Waals surface area contributed by atoms with Crippen LogP contribution in [0.3, 0.4) is 0 Å². The summed E-state index contributed by atoms with van der Waals surface area (Å²) in [5, 5.41) is 1.87. The standard InChI is InChI=1S/C39H36N2O8S/c1-5-46-32-19-17-27(20-33(32)47-6-2)35-30(38(44)45-4)22-40-39-41(35)36(42)34(50-39)21-29-28-11-9-8-10-25(28)16-18-31(29)49-23-24-12-14-26(15-13-24)37(43)48-7-3/h8-22,35H,5-7,23H2,1-4H3/b34-21+/t35-/m1/s1. The van der Waals surface area contributed by atoms with Crippen LogP contribution >= 0.6 is 11.3 Å². The molecule has 0 N–H and O–H groups in total. The molecule has 1 aliphatic heterocycles. The summed E-state index contributed by atoms with van der Waals surface area (Å²) in [5.41, 5.74) is 2.56. The van der Waals surface area contributed by atoms with Gasteiger partial charge in [0.15, 0.2) is 16.3 Å². The van der Waals surface area contributed by atoms with E-state index in [1.54, 1.807) is 31.2 Å². The molecule has 6 rings (SSSR count). The van der Waals surface area contributed by atoms with E-state index in [0.717, 1.165) is 21.9 Å². The molecular weight excluding hydrogens is 657 g/mol. The molecule has 0 saturated carbocycles. The lowest BCUT2D eigenvalue weighted by atomic mass is 9.97. The van der Waals surface area contributed by atoms with Gasteiger partial charge in [-0.1, -0.05) is 59.9 Å². The van der Waals surface area contributed by atoms with Gasteiger partial charge in [0.1, 0.15) is 12.4 Å². The second-order valence-corrected chi connectivity index (χ2v) is 12.2. The number of nitrogens with zero attached hydrogens (tertiary/aromatic N) is 2. The molecule has 0 spiro atoms. The highest BCUT2D eigenvalue weighted by Gasteiger charge is 2.31. The predicted octanol–water partition coefficient (Wildman–Crippen LogP) is 5.72. The van der Waals surface area contributed by atoms with Gasteiger partial charge in [0, 0.05) is 11.8 Å². The van der Waals surface area contributed by atoms with E-state index in [0.29, 0.717) is 57.5 Å². The predicted molar refractivity (Wildman–Crippen MR) is 191 cm³/mol. The summed E-state index contributed by atoms with van der Waals surface area (Å²) in [4.78, 5) is 44.5. The maximum atomic E-state index is 14.4. The molecule has 0 fully saturated rings. The molecule has 0 unspecified atom stereocenters. The summed E-state index contributed by atoms with van der Waals surface area (Å²) in [6, 6.07) is 23.3. The van der Waals surface area contributed by atoms with Crippen LogP contribution in [0.25, 0.3) is 16.8 Å². The summed E-state index contributed by atoms with van der Waals surface area (Å²) >= 11 is 1.22. The van der Waals surface area contributed by atoms with Gasteiger partial charge in [0.05, 0.1) is 48.6 Å². The first-order valence-electron chi connectivity index (χ1n) is 16.3. The van der Waals surface area contributed by atoms with Gasteiger partial charge in [-0.2, -0.15) is 0 Å². The molecule has 10 nitrogen and oxygen atoms in total. The summed E-state index contributed by atoms with van der Waals surface area (Å²) in [5.74, 6) is 0.663. The number of carbonyl (C=O) groups excluding carboxylic acids is 2. The Bertz CT molecular complexity index is 2270. The second-order valence-electron chi connectivity index (χ2n) is 11.2. The SMILES string of the molecule is CCOC(=O)c1ccc(COc2ccc3ccccc3c2/C=c2/sc3n(c2=O)[C@H](c2ccc(OCC)c(OCC)c2)C(C(=O)OC)=CN=3)cc1. The minimum absolute atomic E-state index is 0.209. The fourth-order valence-corrected chi connectivity index (χ4v) is 6.73. The average Bonchev–Trinajstić information content (AvgIpc) is 3.46. The van der Waals surface area contributed by atoms with Gasteiger partial charge in [-0.25, -0.2) is 14.6 Å². The Morgan fingerprint density at radius 2 is 1.58 bits per heavy atom. The zero-order valence-electron chi connectivity index (χ0n) is 28.1. The van der Waals surface area contributed by atoms with Gasteiger partial charge >= 0.3 is 11.9 Å². The number of methoxy groups -OCH3 is 1. The molecule has 11 heteroatoms. The number of carbonyl (C=O) groups is 2. The summed E-state index contributed by atoms with van der Waals surface area (Å²) in [7, 11) is 1.30. The smallest absolute Gasteiger partial charge is 0.338 e. The van der Waals surface area contributed by atoms with Crippen LogP contribution in [0.5, 0.6) is 17.2 Å². The highest BCUT2D eigenvalue weighted by atomic mass is 32.1. The molecule has 50 heavy (non-hydrogen) atoms. The third-order valence-electron chi connectivity index (χ3n) is 8.07. The largest absolute Gasteiger partial charge is 0.490 e. The molecular formula is C39H36N2O8S. The molecule has 0 aliphatic carbocycles. The minimum Gasteiger partial charge on any atom is -0.490 e. The van der Waals surface area contributed by atoms with Crippen LogP contribution in [0.15, 0.2) is 100 Å². The van der Waals surface area contributed by atoms with Crippen LogP contribution in [0.4, 0.5) is 0 Å². The van der Waals surface area contributed by atoms with Crippen molar-refractivity contribution in [3.63, 3.8) is 0 Å². The number of benzene rings is 4. The highest BCUT2D eigenvalue weighted by Crippen LogP contribution is 2.35. The Morgan fingerprint density at radius 3 is 2.32 bits per heavy atom. The van der Waals surface area contributed by atoms with Gasteiger partial charge in [0.2, 0.25) is 0 Å². The molecule has 2 heterocycles. The van der Waals surface area contributed by atoms with Crippen molar-refractivity contribution < 1.29 is 33.3 Å². The fourth-order valence-electron chi connectivity index (χ4n) is 5.78. The zero-order chi connectivity index (χ0) is 35.2. The van der Waals surface area contributed by atoms with Crippen molar-refractivity contribution in [3.8, 4) is 17.2 Å². The van der Waals surface area contributed by atoms with Gasteiger partial charge < -0.3 is 23.7 Å². The van der Waals surface area contributed by atoms with Crippen molar-refractivity contribution in [3.05, 3.63) is 133 Å². The Labute approximate surface area is 292 Å². The Morgan fingerprint density at radius 1 is 0.840 bits per heavy atom. The quantitative estimate of drug-likeness (QED) is 0.153. The van der Waals surface area contributed by atoms with Crippen LogP contribution in [0.2, 0.25) is 0 Å². The lowest BCUT2D eigenvalue weighted by Crippen LogP contribution is -2.39. The maximum Gasteiger partial charge on any atom is 0.338 e. The molecule has 0 saturated heterocycles. The van der Waals surface area contributed by atoms with E-state index >= 15 is 0 Å². The fraction of sp³-hybridized carbons (Fsp3) is 0.231. The van der Waals surface area contributed by atoms with E-state index in [1.165, 1.54) is 29.2 Å². The lowest BCUT2D eigenvalue weighted by molar-refractivity contribution is -0.136. The first-order valence-corrected chi connectivity index (χ1v) is 17.1. The first-order chi connectivity index (χ1) is 24.4. The number of ether oxygens (including phenoxy) is 5. The van der Waals surface area contributed by atoms with Gasteiger partial charge in [-0.3, -0.25) is 9.36 Å². The number of esters is 2. The zero-order valence-corrected chi connectivity index (χ0v) is 29.0. The summed E-state index contributed by atoms with van der Waals surface area (Å²) < 4.78 is 30.1. The van der Waals surface area contributed by atoms with E-state index in [4.69, 9.17) is 23.7 Å². The molecule has 1 aliphatic rings. The van der Waals surface area contributed by atoms with Crippen molar-refractivity contribution in [1.29, 1.82) is 0 Å². The van der Waals surface area contributed by atoms with Crippen LogP contribution < -0.4 is 29.1 Å². The number of thiazole rings is 1. The number of fused-ring (bicyclic) bond motifs is 2. The van der Waals surface area contributed by atoms with Crippen LogP contribution in [-0.4, -0.2) is 43.4 Å². The average molecular weight is 693 g/mol. The summed E-state index contributed by atoms with van der Waals surface area (Å²) in [6.07, 6.45) is 3.27. The molecule has 0 amide bonds. The molecule has 4 aromatic carbocycles. The van der Waals surface area contributed by atoms with Crippen LogP contribution in [0.1, 0.15) is 53.9 Å². The third kappa shape index (κ3) is 6.90. The topological polar surface area (TPSA) is 115 Å². The molecule has 256 valence electrons. The van der Waals surface area contributed by atoms with E-state index in [-0.39, 0.29) is 23.7 Å². The number of aromatic nitrogens is 1.